The Labute approximate surface area is 190 Å². The third kappa shape index (κ3) is 4.65. The van der Waals surface area contributed by atoms with Crippen molar-refractivity contribution in [1.29, 1.82) is 5.26 Å². The third-order valence-electron chi connectivity index (χ3n) is 5.11. The lowest BCUT2D eigenvalue weighted by molar-refractivity contribution is -0.112. The summed E-state index contributed by atoms with van der Waals surface area (Å²) in [7, 11) is 0. The van der Waals surface area contributed by atoms with Gasteiger partial charge in [-0.15, -0.1) is 0 Å². The summed E-state index contributed by atoms with van der Waals surface area (Å²) < 4.78 is 7.19. The zero-order valence-corrected chi connectivity index (χ0v) is 18.1. The van der Waals surface area contributed by atoms with Crippen molar-refractivity contribution in [3.05, 3.63) is 106 Å². The van der Waals surface area contributed by atoms with Crippen LogP contribution in [0.25, 0.3) is 11.7 Å². The van der Waals surface area contributed by atoms with E-state index >= 15 is 0 Å². The molecule has 0 bridgehead atoms. The van der Waals surface area contributed by atoms with Crippen LogP contribution in [0.15, 0.2) is 83.3 Å². The zero-order chi connectivity index (χ0) is 23.4. The van der Waals surface area contributed by atoms with E-state index in [2.05, 4.69) is 10.3 Å². The summed E-state index contributed by atoms with van der Waals surface area (Å²) in [4.78, 5) is 30.5. The maximum absolute atomic E-state index is 13.2. The average Bonchev–Trinajstić information content (AvgIpc) is 2.82. The lowest BCUT2D eigenvalue weighted by atomic mass is 10.1. The summed E-state index contributed by atoms with van der Waals surface area (Å²) in [5, 5.41) is 12.4. The molecule has 1 amide bonds. The predicted molar refractivity (Wildman–Crippen MR) is 126 cm³/mol. The Balaban J connectivity index is 1.78. The highest BCUT2D eigenvalue weighted by Crippen LogP contribution is 2.24. The number of nitriles is 1. The highest BCUT2D eigenvalue weighted by molar-refractivity contribution is 6.09. The van der Waals surface area contributed by atoms with Crippen molar-refractivity contribution < 1.29 is 9.53 Å². The molecule has 0 fully saturated rings. The molecule has 1 N–H and O–H groups in total. The molecule has 4 aromatic rings. The van der Waals surface area contributed by atoms with E-state index < -0.39 is 11.5 Å². The third-order valence-corrected chi connectivity index (χ3v) is 5.11. The maximum atomic E-state index is 13.2. The van der Waals surface area contributed by atoms with Gasteiger partial charge in [0.1, 0.15) is 28.6 Å². The van der Waals surface area contributed by atoms with Gasteiger partial charge in [-0.05, 0) is 67.4 Å². The van der Waals surface area contributed by atoms with Crippen LogP contribution >= 0.6 is 0 Å². The molecular weight excluding hydrogens is 416 g/mol. The van der Waals surface area contributed by atoms with E-state index in [1.165, 1.54) is 10.5 Å². The van der Waals surface area contributed by atoms with Crippen LogP contribution in [0.1, 0.15) is 16.7 Å². The number of carbonyl (C=O) groups excluding carboxylic acids is 1. The summed E-state index contributed by atoms with van der Waals surface area (Å²) >= 11 is 0. The molecule has 33 heavy (non-hydrogen) atoms. The second-order valence-electron chi connectivity index (χ2n) is 7.40. The number of para-hydroxylation sites is 1. The predicted octanol–water partition coefficient (Wildman–Crippen LogP) is 4.65. The number of aromatic nitrogens is 2. The smallest absolute Gasteiger partial charge is 0.269 e. The molecule has 4 rings (SSSR count). The van der Waals surface area contributed by atoms with Crippen molar-refractivity contribution in [2.45, 2.75) is 13.8 Å². The minimum atomic E-state index is -0.635. The summed E-state index contributed by atoms with van der Waals surface area (Å²) in [6.07, 6.45) is 2.78. The number of rotatable bonds is 5. The molecule has 0 saturated carbocycles. The fraction of sp³-hybridized carbons (Fsp3) is 0.0769. The first-order valence-corrected chi connectivity index (χ1v) is 10.2. The number of fused-ring (bicyclic) bond motifs is 1. The van der Waals surface area contributed by atoms with Gasteiger partial charge in [-0.3, -0.25) is 14.0 Å². The Kier molecular flexibility index (Phi) is 6.00. The monoisotopic (exact) mass is 436 g/mol. The van der Waals surface area contributed by atoms with E-state index in [-0.39, 0.29) is 17.0 Å². The molecule has 7 heteroatoms. The Hall–Kier alpha value is -4.70. The number of ether oxygens (including phenoxy) is 1. The van der Waals surface area contributed by atoms with Gasteiger partial charge in [-0.1, -0.05) is 30.3 Å². The molecule has 0 aliphatic rings. The van der Waals surface area contributed by atoms with E-state index in [0.29, 0.717) is 17.1 Å². The summed E-state index contributed by atoms with van der Waals surface area (Å²) in [5.41, 5.74) is 2.31. The Morgan fingerprint density at radius 1 is 1.06 bits per heavy atom. The molecule has 2 aromatic heterocycles. The maximum Gasteiger partial charge on any atom is 0.269 e. The average molecular weight is 436 g/mol. The number of hydrogen-bond acceptors (Lipinski definition) is 5. The number of aryl methyl sites for hydroxylation is 2. The summed E-state index contributed by atoms with van der Waals surface area (Å²) in [6.45, 7) is 3.90. The molecule has 0 atom stereocenters. The molecule has 2 heterocycles. The Morgan fingerprint density at radius 2 is 1.82 bits per heavy atom. The van der Waals surface area contributed by atoms with Crippen molar-refractivity contribution in [1.82, 2.24) is 9.38 Å². The number of pyridine rings is 1. The van der Waals surface area contributed by atoms with E-state index in [9.17, 15) is 14.9 Å². The Morgan fingerprint density at radius 3 is 2.55 bits per heavy atom. The van der Waals surface area contributed by atoms with Gasteiger partial charge in [0.2, 0.25) is 5.88 Å². The molecule has 2 aromatic carbocycles. The largest absolute Gasteiger partial charge is 0.438 e. The number of anilines is 1. The SMILES string of the molecule is Cc1ccc(NC(=O)C(C#N)=Cc2c(Oc3ccccc3)nc3ccccn3c2=O)cc1C. The molecule has 0 unspecified atom stereocenters. The topological polar surface area (TPSA) is 96.5 Å². The van der Waals surface area contributed by atoms with E-state index in [1.54, 1.807) is 54.7 Å². The van der Waals surface area contributed by atoms with Crippen LogP contribution in [-0.4, -0.2) is 15.3 Å². The van der Waals surface area contributed by atoms with Crippen molar-refractivity contribution >= 4 is 23.3 Å². The summed E-state index contributed by atoms with van der Waals surface area (Å²) in [5.74, 6) is -0.162. The minimum Gasteiger partial charge on any atom is -0.438 e. The van der Waals surface area contributed by atoms with Crippen LogP contribution in [-0.2, 0) is 4.79 Å². The molecule has 0 aliphatic carbocycles. The number of benzene rings is 2. The van der Waals surface area contributed by atoms with Crippen molar-refractivity contribution in [2.24, 2.45) is 0 Å². The normalized spacial score (nSPS) is 11.1. The fourth-order valence-corrected chi connectivity index (χ4v) is 3.19. The first-order chi connectivity index (χ1) is 16.0. The molecule has 0 saturated heterocycles. The molecular formula is C26H20N4O3. The molecule has 0 aliphatic heterocycles. The van der Waals surface area contributed by atoms with Crippen LogP contribution in [0.2, 0.25) is 0 Å². The number of carbonyl (C=O) groups is 1. The number of nitrogens with zero attached hydrogens (tertiary/aromatic N) is 3. The van der Waals surface area contributed by atoms with Gasteiger partial charge in [-0.2, -0.15) is 10.2 Å². The van der Waals surface area contributed by atoms with E-state index in [0.717, 1.165) is 11.1 Å². The van der Waals surface area contributed by atoms with Crippen LogP contribution in [0, 0.1) is 25.2 Å². The highest BCUT2D eigenvalue weighted by atomic mass is 16.5. The summed E-state index contributed by atoms with van der Waals surface area (Å²) in [6, 6.07) is 21.3. The van der Waals surface area contributed by atoms with Gasteiger partial charge in [0.15, 0.2) is 0 Å². The second kappa shape index (κ2) is 9.20. The zero-order valence-electron chi connectivity index (χ0n) is 18.1. The van der Waals surface area contributed by atoms with Crippen LogP contribution in [0.3, 0.4) is 0 Å². The van der Waals surface area contributed by atoms with Crippen LogP contribution in [0.4, 0.5) is 5.69 Å². The molecule has 162 valence electrons. The van der Waals surface area contributed by atoms with Crippen LogP contribution in [0.5, 0.6) is 11.6 Å². The van der Waals surface area contributed by atoms with Crippen molar-refractivity contribution in [3.8, 4) is 17.7 Å². The van der Waals surface area contributed by atoms with Gasteiger partial charge < -0.3 is 10.1 Å². The van der Waals surface area contributed by atoms with E-state index in [4.69, 9.17) is 4.74 Å². The standard InChI is InChI=1S/C26H20N4O3/c1-17-11-12-20(14-18(17)2)28-24(31)19(16-27)15-22-25(33-21-8-4-3-5-9-21)29-23-10-6-7-13-30(23)26(22)32/h3-15H,1-2H3,(H,28,31). The number of amides is 1. The Bertz CT molecular complexity index is 1480. The van der Waals surface area contributed by atoms with Gasteiger partial charge >= 0.3 is 0 Å². The minimum absolute atomic E-state index is 0.00382. The lowest BCUT2D eigenvalue weighted by Gasteiger charge is -2.10. The first-order valence-electron chi connectivity index (χ1n) is 10.2. The number of nitrogens with one attached hydrogen (secondary N) is 1. The second-order valence-corrected chi connectivity index (χ2v) is 7.40. The lowest BCUT2D eigenvalue weighted by Crippen LogP contribution is -2.20. The van der Waals surface area contributed by atoms with E-state index in [1.807, 2.05) is 38.1 Å². The van der Waals surface area contributed by atoms with Gasteiger partial charge in [0, 0.05) is 11.9 Å². The number of hydrogen-bond donors (Lipinski definition) is 1. The quantitative estimate of drug-likeness (QED) is 0.363. The van der Waals surface area contributed by atoms with Gasteiger partial charge in [0.25, 0.3) is 11.5 Å². The highest BCUT2D eigenvalue weighted by Gasteiger charge is 2.17. The molecule has 7 nitrogen and oxygen atoms in total. The van der Waals surface area contributed by atoms with Crippen molar-refractivity contribution in [3.63, 3.8) is 0 Å². The first kappa shape index (κ1) is 21.5. The van der Waals surface area contributed by atoms with Gasteiger partial charge in [0.05, 0.1) is 0 Å². The molecule has 0 radical (unpaired) electrons. The van der Waals surface area contributed by atoms with Crippen molar-refractivity contribution in [2.75, 3.05) is 5.32 Å². The fourth-order valence-electron chi connectivity index (χ4n) is 3.19. The van der Waals surface area contributed by atoms with Gasteiger partial charge in [-0.25, -0.2) is 0 Å². The molecule has 0 spiro atoms. The van der Waals surface area contributed by atoms with Crippen LogP contribution < -0.4 is 15.6 Å².